The molecule has 1 heterocycles. The molecule has 0 saturated heterocycles. The first-order valence-electron chi connectivity index (χ1n) is 11.4. The molecule has 188 valence electrons. The third kappa shape index (κ3) is 4.73. The molecular formula is C25H26F4N2O3S. The van der Waals surface area contributed by atoms with E-state index in [1.165, 1.54) is 35.0 Å². The van der Waals surface area contributed by atoms with Crippen molar-refractivity contribution in [2.45, 2.75) is 57.5 Å². The molecule has 1 saturated carbocycles. The van der Waals surface area contributed by atoms with Gasteiger partial charge in [0.2, 0.25) is 15.9 Å². The van der Waals surface area contributed by atoms with Gasteiger partial charge in [-0.25, -0.2) is 17.5 Å². The highest BCUT2D eigenvalue weighted by molar-refractivity contribution is 7.90. The molecule has 1 N–H and O–H groups in total. The van der Waals surface area contributed by atoms with Gasteiger partial charge in [0.25, 0.3) is 0 Å². The lowest BCUT2D eigenvalue weighted by Gasteiger charge is -2.27. The zero-order valence-corrected chi connectivity index (χ0v) is 20.3. The summed E-state index contributed by atoms with van der Waals surface area (Å²) in [7, 11) is -3.61. The summed E-state index contributed by atoms with van der Waals surface area (Å²) in [4.78, 5) is 13.0. The molecule has 2 aromatic carbocycles. The van der Waals surface area contributed by atoms with E-state index in [2.05, 4.69) is 4.72 Å². The summed E-state index contributed by atoms with van der Waals surface area (Å²) in [5.74, 6) is -1.72. The smallest absolute Gasteiger partial charge is 0.287 e. The standard InChI is InChI=1S/C25H26F4N2O3S/c1-14(2)24(32)31-13-20(15(3)30-35(33,34)16-7-6-8-16)19-11-22(26)18(12-23(19)31)17-9-4-5-10-21(17)25(27,28)29/h4-5,9-16,30H,6-8H2,1-3H3/t15-/m1/s1. The molecule has 0 spiro atoms. The fourth-order valence-corrected chi connectivity index (χ4v) is 6.10. The van der Waals surface area contributed by atoms with E-state index in [1.807, 2.05) is 0 Å². The number of halogens is 4. The van der Waals surface area contributed by atoms with Gasteiger partial charge in [-0.2, -0.15) is 13.2 Å². The summed E-state index contributed by atoms with van der Waals surface area (Å²) in [5, 5.41) is -0.230. The molecule has 0 radical (unpaired) electrons. The van der Waals surface area contributed by atoms with E-state index in [0.29, 0.717) is 18.4 Å². The van der Waals surface area contributed by atoms with Crippen molar-refractivity contribution >= 4 is 26.8 Å². The van der Waals surface area contributed by atoms with Crippen molar-refractivity contribution in [3.8, 4) is 11.1 Å². The van der Waals surface area contributed by atoms with Crippen LogP contribution in [-0.2, 0) is 16.2 Å². The number of alkyl halides is 3. The third-order valence-electron chi connectivity index (χ3n) is 6.48. The Morgan fingerprint density at radius 1 is 1.09 bits per heavy atom. The van der Waals surface area contributed by atoms with Crippen LogP contribution in [0, 0.1) is 11.7 Å². The van der Waals surface area contributed by atoms with Crippen LogP contribution in [0.2, 0.25) is 0 Å². The number of hydrogen-bond donors (Lipinski definition) is 1. The third-order valence-corrected chi connectivity index (χ3v) is 8.51. The number of nitrogens with one attached hydrogen (secondary N) is 1. The zero-order chi connectivity index (χ0) is 25.7. The topological polar surface area (TPSA) is 68.2 Å². The second-order valence-electron chi connectivity index (χ2n) is 9.28. The molecule has 35 heavy (non-hydrogen) atoms. The Kier molecular flexibility index (Phi) is 6.56. The van der Waals surface area contributed by atoms with E-state index < -0.39 is 44.8 Å². The predicted octanol–water partition coefficient (Wildman–Crippen LogP) is 6.30. The van der Waals surface area contributed by atoms with Crippen molar-refractivity contribution in [3.05, 3.63) is 59.5 Å². The molecule has 4 rings (SSSR count). The number of nitrogens with zero attached hydrogens (tertiary/aromatic N) is 1. The van der Waals surface area contributed by atoms with Crippen LogP contribution in [0.4, 0.5) is 17.6 Å². The van der Waals surface area contributed by atoms with Crippen molar-refractivity contribution in [1.29, 1.82) is 0 Å². The minimum atomic E-state index is -4.70. The molecule has 3 aromatic rings. The lowest BCUT2D eigenvalue weighted by Crippen LogP contribution is -2.39. The van der Waals surface area contributed by atoms with Gasteiger partial charge in [0.05, 0.1) is 16.3 Å². The summed E-state index contributed by atoms with van der Waals surface area (Å²) in [5.41, 5.74) is -1.05. The number of rotatable bonds is 6. The van der Waals surface area contributed by atoms with Crippen molar-refractivity contribution < 1.29 is 30.8 Å². The molecule has 0 unspecified atom stereocenters. The van der Waals surface area contributed by atoms with Crippen molar-refractivity contribution in [1.82, 2.24) is 9.29 Å². The average molecular weight is 511 g/mol. The number of sulfonamides is 1. The van der Waals surface area contributed by atoms with Crippen LogP contribution < -0.4 is 4.72 Å². The molecule has 0 amide bonds. The SMILES string of the molecule is CC(C)C(=O)n1cc([C@@H](C)NS(=O)(=O)C2CCC2)c2cc(F)c(-c3ccccc3C(F)(F)F)cc21. The average Bonchev–Trinajstić information content (AvgIpc) is 3.08. The van der Waals surface area contributed by atoms with Gasteiger partial charge in [-0.15, -0.1) is 0 Å². The predicted molar refractivity (Wildman–Crippen MR) is 126 cm³/mol. The van der Waals surface area contributed by atoms with E-state index >= 15 is 4.39 Å². The molecular weight excluding hydrogens is 484 g/mol. The maximum absolute atomic E-state index is 15.3. The summed E-state index contributed by atoms with van der Waals surface area (Å²) in [6, 6.07) is 6.19. The van der Waals surface area contributed by atoms with Gasteiger partial charge >= 0.3 is 6.18 Å². The number of hydrogen-bond acceptors (Lipinski definition) is 3. The molecule has 0 aliphatic heterocycles. The van der Waals surface area contributed by atoms with Gasteiger partial charge in [0, 0.05) is 29.1 Å². The van der Waals surface area contributed by atoms with Crippen LogP contribution in [0.1, 0.15) is 62.0 Å². The van der Waals surface area contributed by atoms with E-state index in [-0.39, 0.29) is 27.9 Å². The Morgan fingerprint density at radius 2 is 1.74 bits per heavy atom. The van der Waals surface area contributed by atoms with Gasteiger partial charge in [-0.1, -0.05) is 38.5 Å². The first-order chi connectivity index (χ1) is 16.3. The zero-order valence-electron chi connectivity index (χ0n) is 19.5. The fourth-order valence-electron chi connectivity index (χ4n) is 4.33. The lowest BCUT2D eigenvalue weighted by atomic mass is 9.96. The monoisotopic (exact) mass is 510 g/mol. The first-order valence-corrected chi connectivity index (χ1v) is 12.9. The summed E-state index contributed by atoms with van der Waals surface area (Å²) in [6.07, 6.45) is -1.30. The van der Waals surface area contributed by atoms with Gasteiger partial charge < -0.3 is 0 Å². The molecule has 5 nitrogen and oxygen atoms in total. The molecule has 1 atom stereocenters. The van der Waals surface area contributed by atoms with Gasteiger partial charge in [0.1, 0.15) is 5.82 Å². The van der Waals surface area contributed by atoms with Crippen LogP contribution >= 0.6 is 0 Å². The minimum absolute atomic E-state index is 0.210. The summed E-state index contributed by atoms with van der Waals surface area (Å²) >= 11 is 0. The van der Waals surface area contributed by atoms with Crippen molar-refractivity contribution in [3.63, 3.8) is 0 Å². The van der Waals surface area contributed by atoms with Crippen LogP contribution in [0.3, 0.4) is 0 Å². The minimum Gasteiger partial charge on any atom is -0.287 e. The van der Waals surface area contributed by atoms with Gasteiger partial charge in [-0.3, -0.25) is 9.36 Å². The van der Waals surface area contributed by atoms with Gasteiger partial charge in [0.15, 0.2) is 0 Å². The number of aromatic nitrogens is 1. The quantitative estimate of drug-likeness (QED) is 0.396. The molecule has 1 fully saturated rings. The molecule has 1 aliphatic carbocycles. The van der Waals surface area contributed by atoms with Crippen LogP contribution in [-0.4, -0.2) is 24.1 Å². The van der Waals surface area contributed by atoms with E-state index in [9.17, 15) is 26.4 Å². The highest BCUT2D eigenvalue weighted by atomic mass is 32.2. The van der Waals surface area contributed by atoms with E-state index in [1.54, 1.807) is 20.8 Å². The van der Waals surface area contributed by atoms with Gasteiger partial charge in [-0.05, 0) is 49.1 Å². The van der Waals surface area contributed by atoms with Crippen LogP contribution in [0.25, 0.3) is 22.0 Å². The molecule has 1 aromatic heterocycles. The van der Waals surface area contributed by atoms with E-state index in [0.717, 1.165) is 18.6 Å². The molecule has 10 heteroatoms. The Balaban J connectivity index is 1.89. The Labute approximate surface area is 201 Å². The highest BCUT2D eigenvalue weighted by Gasteiger charge is 2.35. The summed E-state index contributed by atoms with van der Waals surface area (Å²) in [6.45, 7) is 4.93. The Bertz CT molecular complexity index is 1390. The fraction of sp³-hybridized carbons (Fsp3) is 0.400. The second-order valence-corrected chi connectivity index (χ2v) is 11.3. The number of carbonyl (C=O) groups is 1. The molecule has 0 bridgehead atoms. The second kappa shape index (κ2) is 9.05. The Hall–Kier alpha value is -2.72. The lowest BCUT2D eigenvalue weighted by molar-refractivity contribution is -0.137. The number of benzene rings is 2. The maximum Gasteiger partial charge on any atom is 0.417 e. The highest BCUT2D eigenvalue weighted by Crippen LogP contribution is 2.40. The van der Waals surface area contributed by atoms with E-state index in [4.69, 9.17) is 0 Å². The normalized spacial score (nSPS) is 16.0. The number of fused-ring (bicyclic) bond motifs is 1. The Morgan fingerprint density at radius 3 is 2.31 bits per heavy atom. The first kappa shape index (κ1) is 25.4. The summed E-state index contributed by atoms with van der Waals surface area (Å²) < 4.78 is 85.3. The maximum atomic E-state index is 15.3. The number of carbonyl (C=O) groups excluding carboxylic acids is 1. The van der Waals surface area contributed by atoms with Crippen LogP contribution in [0.5, 0.6) is 0 Å². The largest absolute Gasteiger partial charge is 0.417 e. The molecule has 1 aliphatic rings. The van der Waals surface area contributed by atoms with Crippen LogP contribution in [0.15, 0.2) is 42.6 Å². The van der Waals surface area contributed by atoms with Crippen molar-refractivity contribution in [2.75, 3.05) is 0 Å². The van der Waals surface area contributed by atoms with Crippen molar-refractivity contribution in [2.24, 2.45) is 5.92 Å².